The minimum Gasteiger partial charge on any atom is -0.378 e. The predicted octanol–water partition coefficient (Wildman–Crippen LogP) is 1.54. The molecular weight excluding hydrogens is 232 g/mol. The van der Waals surface area contributed by atoms with Gasteiger partial charge in [0.15, 0.2) is 0 Å². The van der Waals surface area contributed by atoms with Crippen LogP contribution in [0.5, 0.6) is 0 Å². The first-order valence-corrected chi connectivity index (χ1v) is 6.93. The summed E-state index contributed by atoms with van der Waals surface area (Å²) in [4.78, 5) is 0. The summed E-state index contributed by atoms with van der Waals surface area (Å²) in [5.74, 6) is 0. The third-order valence-electron chi connectivity index (χ3n) is 3.71. The van der Waals surface area contributed by atoms with E-state index in [4.69, 9.17) is 18.9 Å². The van der Waals surface area contributed by atoms with Crippen LogP contribution in [0, 0.1) is 5.41 Å². The Hall–Kier alpha value is -0.420. The van der Waals surface area contributed by atoms with Crippen LogP contribution in [0.15, 0.2) is 12.2 Å². The van der Waals surface area contributed by atoms with E-state index in [0.29, 0.717) is 12.2 Å². The smallest absolute Gasteiger partial charge is 0.104 e. The zero-order chi connectivity index (χ0) is 12.3. The zero-order valence-corrected chi connectivity index (χ0v) is 10.8. The lowest BCUT2D eigenvalue weighted by atomic mass is 9.80. The molecule has 2 atom stereocenters. The van der Waals surface area contributed by atoms with E-state index >= 15 is 0 Å². The number of ether oxygens (including phenoxy) is 4. The van der Waals surface area contributed by atoms with Crippen LogP contribution in [0.25, 0.3) is 0 Å². The predicted molar refractivity (Wildman–Crippen MR) is 66.5 cm³/mol. The Labute approximate surface area is 108 Å². The molecule has 0 radical (unpaired) electrons. The van der Waals surface area contributed by atoms with Gasteiger partial charge in [0.2, 0.25) is 0 Å². The molecule has 18 heavy (non-hydrogen) atoms. The van der Waals surface area contributed by atoms with E-state index in [1.165, 1.54) is 12.8 Å². The Balaban J connectivity index is 1.45. The fraction of sp³-hybridized carbons (Fsp3) is 0.857. The molecule has 0 aromatic heterocycles. The molecule has 3 aliphatic rings. The molecule has 2 fully saturated rings. The molecule has 4 nitrogen and oxygen atoms in total. The minimum absolute atomic E-state index is 0.0715. The van der Waals surface area contributed by atoms with Crippen molar-refractivity contribution in [3.05, 3.63) is 12.2 Å². The molecule has 1 aliphatic carbocycles. The fourth-order valence-electron chi connectivity index (χ4n) is 2.39. The van der Waals surface area contributed by atoms with E-state index in [0.717, 1.165) is 46.1 Å². The average molecular weight is 254 g/mol. The van der Waals surface area contributed by atoms with Gasteiger partial charge in [0, 0.05) is 5.41 Å². The second-order valence-corrected chi connectivity index (χ2v) is 5.60. The third-order valence-corrected chi connectivity index (χ3v) is 3.71. The average Bonchev–Trinajstić information content (AvgIpc) is 3.25. The normalized spacial score (nSPS) is 37.8. The summed E-state index contributed by atoms with van der Waals surface area (Å²) in [6, 6.07) is 0. The first kappa shape index (κ1) is 12.6. The number of epoxide rings is 2. The Morgan fingerprint density at radius 2 is 1.67 bits per heavy atom. The van der Waals surface area contributed by atoms with Crippen LogP contribution in [0.1, 0.15) is 19.3 Å². The largest absolute Gasteiger partial charge is 0.378 e. The molecule has 0 aromatic carbocycles. The molecule has 3 rings (SSSR count). The molecule has 2 aliphatic heterocycles. The highest BCUT2D eigenvalue weighted by molar-refractivity contribution is 5.04. The van der Waals surface area contributed by atoms with Gasteiger partial charge in [0.1, 0.15) is 12.2 Å². The molecule has 2 unspecified atom stereocenters. The molecular formula is C14H22O4. The van der Waals surface area contributed by atoms with Gasteiger partial charge < -0.3 is 18.9 Å². The van der Waals surface area contributed by atoms with Crippen LogP contribution in [0.4, 0.5) is 0 Å². The van der Waals surface area contributed by atoms with Crippen LogP contribution in [0.2, 0.25) is 0 Å². The van der Waals surface area contributed by atoms with Gasteiger partial charge in [-0.05, 0) is 19.3 Å². The number of rotatable bonds is 8. The first-order chi connectivity index (χ1) is 8.86. The summed E-state index contributed by atoms with van der Waals surface area (Å²) in [6.07, 6.45) is 8.80. The standard InChI is InChI=1S/C14H22O4/c1-2-4-14(5-3-1,10-15-6-12-8-17-12)11-16-7-13-9-18-13/h2,4,12-13H,1,3,5-11H2. The third kappa shape index (κ3) is 3.79. The molecule has 0 bridgehead atoms. The molecule has 0 N–H and O–H groups in total. The topological polar surface area (TPSA) is 43.5 Å². The van der Waals surface area contributed by atoms with Crippen molar-refractivity contribution in [3.8, 4) is 0 Å². The molecule has 2 saturated heterocycles. The summed E-state index contributed by atoms with van der Waals surface area (Å²) >= 11 is 0. The summed E-state index contributed by atoms with van der Waals surface area (Å²) in [7, 11) is 0. The van der Waals surface area contributed by atoms with E-state index < -0.39 is 0 Å². The summed E-state index contributed by atoms with van der Waals surface area (Å²) in [5.41, 5.74) is 0.0715. The van der Waals surface area contributed by atoms with E-state index in [1.807, 2.05) is 0 Å². The van der Waals surface area contributed by atoms with Crippen LogP contribution >= 0.6 is 0 Å². The van der Waals surface area contributed by atoms with Crippen LogP contribution in [-0.2, 0) is 18.9 Å². The maximum absolute atomic E-state index is 5.79. The van der Waals surface area contributed by atoms with E-state index in [2.05, 4.69) is 12.2 Å². The van der Waals surface area contributed by atoms with E-state index in [-0.39, 0.29) is 5.41 Å². The van der Waals surface area contributed by atoms with Crippen LogP contribution in [-0.4, -0.2) is 51.8 Å². The lowest BCUT2D eigenvalue weighted by molar-refractivity contribution is -0.0112. The van der Waals surface area contributed by atoms with Gasteiger partial charge in [-0.25, -0.2) is 0 Å². The van der Waals surface area contributed by atoms with Crippen molar-refractivity contribution < 1.29 is 18.9 Å². The quantitative estimate of drug-likeness (QED) is 0.487. The highest BCUT2D eigenvalue weighted by Gasteiger charge is 2.32. The number of hydrogen-bond donors (Lipinski definition) is 0. The molecule has 0 saturated carbocycles. The SMILES string of the molecule is C1=CC(COCC2CO2)(COCC2CO2)CCC1. The lowest BCUT2D eigenvalue weighted by Crippen LogP contribution is -2.33. The molecule has 0 amide bonds. The van der Waals surface area contributed by atoms with Crippen molar-refractivity contribution in [3.63, 3.8) is 0 Å². The van der Waals surface area contributed by atoms with Gasteiger partial charge in [0.25, 0.3) is 0 Å². The Bertz CT molecular complexity index is 276. The number of hydrogen-bond acceptors (Lipinski definition) is 4. The maximum Gasteiger partial charge on any atom is 0.104 e. The Kier molecular flexibility index (Phi) is 3.99. The first-order valence-electron chi connectivity index (χ1n) is 6.93. The highest BCUT2D eigenvalue weighted by Crippen LogP contribution is 2.32. The van der Waals surface area contributed by atoms with Crippen molar-refractivity contribution in [2.24, 2.45) is 5.41 Å². The van der Waals surface area contributed by atoms with Crippen LogP contribution in [0.3, 0.4) is 0 Å². The Morgan fingerprint density at radius 1 is 1.06 bits per heavy atom. The molecule has 0 spiro atoms. The monoisotopic (exact) mass is 254 g/mol. The summed E-state index contributed by atoms with van der Waals surface area (Å²) in [5, 5.41) is 0. The summed E-state index contributed by atoms with van der Waals surface area (Å²) in [6.45, 7) is 4.66. The summed E-state index contributed by atoms with van der Waals surface area (Å²) < 4.78 is 21.9. The van der Waals surface area contributed by atoms with E-state index in [1.54, 1.807) is 0 Å². The second kappa shape index (κ2) is 5.70. The second-order valence-electron chi connectivity index (χ2n) is 5.60. The molecule has 102 valence electrons. The van der Waals surface area contributed by atoms with Gasteiger partial charge in [-0.1, -0.05) is 12.2 Å². The Morgan fingerprint density at radius 3 is 2.11 bits per heavy atom. The van der Waals surface area contributed by atoms with Crippen molar-refractivity contribution in [1.29, 1.82) is 0 Å². The van der Waals surface area contributed by atoms with Crippen molar-refractivity contribution >= 4 is 0 Å². The van der Waals surface area contributed by atoms with Crippen molar-refractivity contribution in [2.45, 2.75) is 31.5 Å². The van der Waals surface area contributed by atoms with Crippen LogP contribution < -0.4 is 0 Å². The van der Waals surface area contributed by atoms with E-state index in [9.17, 15) is 0 Å². The van der Waals surface area contributed by atoms with Gasteiger partial charge in [-0.3, -0.25) is 0 Å². The van der Waals surface area contributed by atoms with Gasteiger partial charge in [-0.2, -0.15) is 0 Å². The maximum atomic E-state index is 5.79. The fourth-order valence-corrected chi connectivity index (χ4v) is 2.39. The zero-order valence-electron chi connectivity index (χ0n) is 10.8. The van der Waals surface area contributed by atoms with Crippen molar-refractivity contribution in [2.75, 3.05) is 39.6 Å². The molecule has 4 heteroatoms. The van der Waals surface area contributed by atoms with Gasteiger partial charge in [-0.15, -0.1) is 0 Å². The number of allylic oxidation sites excluding steroid dienone is 1. The van der Waals surface area contributed by atoms with Gasteiger partial charge >= 0.3 is 0 Å². The minimum atomic E-state index is 0.0715. The van der Waals surface area contributed by atoms with Crippen molar-refractivity contribution in [1.82, 2.24) is 0 Å². The molecule has 2 heterocycles. The lowest BCUT2D eigenvalue weighted by Gasteiger charge is -2.32. The van der Waals surface area contributed by atoms with Gasteiger partial charge in [0.05, 0.1) is 39.6 Å². The highest BCUT2D eigenvalue weighted by atomic mass is 16.6. The molecule has 0 aromatic rings.